The fraction of sp³-hybridized carbons (Fsp3) is 0.214. The SMILES string of the molecule is CCCCCCC(C)(CC(C)C)c1ccc(N(c2ccc(-c3ccc(N(c4ccccc4)c4ccc5ccccc5c4)cc3)cc2)c2cccc3ccccc23)cc1. The van der Waals surface area contributed by atoms with Gasteiger partial charge in [0.2, 0.25) is 0 Å². The largest absolute Gasteiger partial charge is 0.310 e. The fourth-order valence-corrected chi connectivity index (χ4v) is 9.00. The molecule has 8 aromatic carbocycles. The molecule has 2 heteroatoms. The van der Waals surface area contributed by atoms with Crippen molar-refractivity contribution in [1.82, 2.24) is 0 Å². The molecule has 0 saturated carbocycles. The average molecular weight is 757 g/mol. The monoisotopic (exact) mass is 756 g/mol. The highest BCUT2D eigenvalue weighted by atomic mass is 15.1. The van der Waals surface area contributed by atoms with Crippen molar-refractivity contribution in [3.05, 3.63) is 194 Å². The number of para-hydroxylation sites is 1. The third kappa shape index (κ3) is 8.43. The molecule has 1 unspecified atom stereocenters. The summed E-state index contributed by atoms with van der Waals surface area (Å²) in [7, 11) is 0. The van der Waals surface area contributed by atoms with Gasteiger partial charge in [0.05, 0.1) is 5.69 Å². The number of unbranched alkanes of at least 4 members (excludes halogenated alkanes) is 3. The van der Waals surface area contributed by atoms with E-state index in [9.17, 15) is 0 Å². The summed E-state index contributed by atoms with van der Waals surface area (Å²) in [6, 6.07) is 68.9. The molecule has 8 aromatic rings. The summed E-state index contributed by atoms with van der Waals surface area (Å²) in [5, 5.41) is 4.95. The van der Waals surface area contributed by atoms with Crippen molar-refractivity contribution in [2.45, 2.75) is 71.6 Å². The van der Waals surface area contributed by atoms with Crippen molar-refractivity contribution in [2.24, 2.45) is 5.92 Å². The van der Waals surface area contributed by atoms with E-state index in [0.717, 1.165) is 22.7 Å². The van der Waals surface area contributed by atoms with E-state index in [0.29, 0.717) is 5.92 Å². The van der Waals surface area contributed by atoms with Crippen LogP contribution >= 0.6 is 0 Å². The Hall–Kier alpha value is -6.12. The standard InChI is InChI=1S/C56H56N2/c1-5-6-7-15-39-56(4,41-42(2)3)48-30-37-52(38-31-48)58(55-24-16-20-46-18-13-14-23-54(46)55)51-34-27-45(28-35-51)44-25-32-50(33-26-44)57(49-21-9-8-10-22-49)53-36-29-43-17-11-12-19-47(43)40-53/h8-14,16-38,40,42H,5-7,15,39,41H2,1-4H3. The van der Waals surface area contributed by atoms with Crippen LogP contribution in [0.2, 0.25) is 0 Å². The van der Waals surface area contributed by atoms with Gasteiger partial charge in [0.15, 0.2) is 0 Å². The molecule has 8 rings (SSSR count). The second-order valence-corrected chi connectivity index (χ2v) is 16.6. The molecule has 0 heterocycles. The van der Waals surface area contributed by atoms with Crippen LogP contribution in [0.5, 0.6) is 0 Å². The highest BCUT2D eigenvalue weighted by Crippen LogP contribution is 2.43. The van der Waals surface area contributed by atoms with E-state index in [-0.39, 0.29) is 5.41 Å². The van der Waals surface area contributed by atoms with E-state index in [1.807, 2.05) is 0 Å². The molecular weight excluding hydrogens is 701 g/mol. The quantitative estimate of drug-likeness (QED) is 0.0961. The van der Waals surface area contributed by atoms with Gasteiger partial charge >= 0.3 is 0 Å². The van der Waals surface area contributed by atoms with E-state index < -0.39 is 0 Å². The van der Waals surface area contributed by atoms with Gasteiger partial charge < -0.3 is 9.80 Å². The van der Waals surface area contributed by atoms with Crippen LogP contribution in [0, 0.1) is 5.92 Å². The number of nitrogens with zero attached hydrogens (tertiary/aromatic N) is 2. The number of anilines is 6. The molecule has 0 N–H and O–H groups in total. The maximum Gasteiger partial charge on any atom is 0.0540 e. The van der Waals surface area contributed by atoms with Crippen LogP contribution < -0.4 is 9.80 Å². The first-order valence-corrected chi connectivity index (χ1v) is 21.3. The highest BCUT2D eigenvalue weighted by Gasteiger charge is 2.28. The van der Waals surface area contributed by atoms with Crippen LogP contribution in [0.25, 0.3) is 32.7 Å². The van der Waals surface area contributed by atoms with E-state index in [1.54, 1.807) is 0 Å². The second kappa shape index (κ2) is 17.6. The molecule has 0 aliphatic carbocycles. The molecule has 0 aliphatic rings. The minimum atomic E-state index is 0.162. The zero-order valence-corrected chi connectivity index (χ0v) is 34.6. The van der Waals surface area contributed by atoms with Crippen molar-refractivity contribution in [3.8, 4) is 11.1 Å². The van der Waals surface area contributed by atoms with Crippen LogP contribution in [-0.4, -0.2) is 0 Å². The molecule has 0 aromatic heterocycles. The van der Waals surface area contributed by atoms with Crippen LogP contribution in [-0.2, 0) is 5.41 Å². The summed E-state index contributed by atoms with van der Waals surface area (Å²) in [6.07, 6.45) is 7.61. The van der Waals surface area contributed by atoms with Crippen molar-refractivity contribution in [1.29, 1.82) is 0 Å². The molecule has 0 aliphatic heterocycles. The third-order valence-corrected chi connectivity index (χ3v) is 11.9. The van der Waals surface area contributed by atoms with E-state index in [2.05, 4.69) is 226 Å². The lowest BCUT2D eigenvalue weighted by Crippen LogP contribution is -2.24. The lowest BCUT2D eigenvalue weighted by atomic mass is 9.72. The second-order valence-electron chi connectivity index (χ2n) is 16.6. The molecule has 0 bridgehead atoms. The van der Waals surface area contributed by atoms with Gasteiger partial charge in [-0.25, -0.2) is 0 Å². The third-order valence-electron chi connectivity index (χ3n) is 11.9. The minimum absolute atomic E-state index is 0.162. The van der Waals surface area contributed by atoms with Gasteiger partial charge in [-0.3, -0.25) is 0 Å². The van der Waals surface area contributed by atoms with Gasteiger partial charge in [-0.1, -0.05) is 175 Å². The summed E-state index contributed by atoms with van der Waals surface area (Å²) in [4.78, 5) is 4.77. The lowest BCUT2D eigenvalue weighted by Gasteiger charge is -2.33. The smallest absolute Gasteiger partial charge is 0.0540 e. The predicted molar refractivity (Wildman–Crippen MR) is 252 cm³/mol. The van der Waals surface area contributed by atoms with Crippen molar-refractivity contribution in [3.63, 3.8) is 0 Å². The Bertz CT molecular complexity index is 2550. The van der Waals surface area contributed by atoms with Crippen LogP contribution in [0.15, 0.2) is 188 Å². The van der Waals surface area contributed by atoms with Gasteiger partial charge in [0.25, 0.3) is 0 Å². The maximum absolute atomic E-state index is 2.49. The molecule has 0 fully saturated rings. The van der Waals surface area contributed by atoms with Gasteiger partial charge in [-0.2, -0.15) is 0 Å². The topological polar surface area (TPSA) is 6.48 Å². The van der Waals surface area contributed by atoms with Crippen LogP contribution in [0.3, 0.4) is 0 Å². The van der Waals surface area contributed by atoms with Gasteiger partial charge in [-0.05, 0) is 124 Å². The Morgan fingerprint density at radius 2 is 0.983 bits per heavy atom. The Labute approximate surface area is 346 Å². The maximum atomic E-state index is 2.49. The van der Waals surface area contributed by atoms with Crippen molar-refractivity contribution >= 4 is 55.7 Å². The lowest BCUT2D eigenvalue weighted by molar-refractivity contribution is 0.332. The first kappa shape index (κ1) is 38.7. The molecule has 58 heavy (non-hydrogen) atoms. The van der Waals surface area contributed by atoms with E-state index >= 15 is 0 Å². The Morgan fingerprint density at radius 1 is 0.448 bits per heavy atom. The Morgan fingerprint density at radius 3 is 1.64 bits per heavy atom. The van der Waals surface area contributed by atoms with Crippen molar-refractivity contribution in [2.75, 3.05) is 9.80 Å². The number of fused-ring (bicyclic) bond motifs is 2. The summed E-state index contributed by atoms with van der Waals surface area (Å²) < 4.78 is 0. The summed E-state index contributed by atoms with van der Waals surface area (Å²) in [5.41, 5.74) is 10.9. The van der Waals surface area contributed by atoms with E-state index in [1.165, 1.54) is 88.1 Å². The van der Waals surface area contributed by atoms with Gasteiger partial charge in [-0.15, -0.1) is 0 Å². The molecule has 2 nitrogen and oxygen atoms in total. The first-order chi connectivity index (χ1) is 28.4. The Kier molecular flexibility index (Phi) is 11.7. The summed E-state index contributed by atoms with van der Waals surface area (Å²) in [5.74, 6) is 0.644. The minimum Gasteiger partial charge on any atom is -0.310 e. The first-order valence-electron chi connectivity index (χ1n) is 21.3. The number of benzene rings is 8. The zero-order chi connectivity index (χ0) is 39.9. The van der Waals surface area contributed by atoms with Gasteiger partial charge in [0, 0.05) is 33.8 Å². The number of rotatable bonds is 15. The van der Waals surface area contributed by atoms with Gasteiger partial charge in [0.1, 0.15) is 0 Å². The molecule has 0 radical (unpaired) electrons. The molecule has 290 valence electrons. The predicted octanol–water partition coefficient (Wildman–Crippen LogP) is 16.9. The normalized spacial score (nSPS) is 12.5. The summed E-state index contributed by atoms with van der Waals surface area (Å²) in [6.45, 7) is 9.52. The van der Waals surface area contributed by atoms with E-state index in [4.69, 9.17) is 0 Å². The molecule has 0 saturated heterocycles. The molecule has 1 atom stereocenters. The molecular formula is C56H56N2. The highest BCUT2D eigenvalue weighted by molar-refractivity contribution is 5.99. The van der Waals surface area contributed by atoms with Crippen molar-refractivity contribution < 1.29 is 0 Å². The number of hydrogen-bond donors (Lipinski definition) is 0. The molecule has 0 spiro atoms. The van der Waals surface area contributed by atoms with Crippen LogP contribution in [0.1, 0.15) is 71.8 Å². The average Bonchev–Trinajstić information content (AvgIpc) is 3.26. The van der Waals surface area contributed by atoms with Crippen LogP contribution in [0.4, 0.5) is 34.1 Å². The molecule has 0 amide bonds. The Balaban J connectivity index is 1.12. The number of hydrogen-bond acceptors (Lipinski definition) is 2. The summed E-state index contributed by atoms with van der Waals surface area (Å²) >= 11 is 0. The zero-order valence-electron chi connectivity index (χ0n) is 34.6. The fourth-order valence-electron chi connectivity index (χ4n) is 9.00.